The molecule has 2 saturated carbocycles. The molecule has 11 heavy (non-hydrogen) atoms. The van der Waals surface area contributed by atoms with E-state index >= 15 is 0 Å². The summed E-state index contributed by atoms with van der Waals surface area (Å²) in [6.45, 7) is 7.12. The highest BCUT2D eigenvalue weighted by molar-refractivity contribution is 5.34. The van der Waals surface area contributed by atoms with Crippen LogP contribution in [0.2, 0.25) is 0 Å². The summed E-state index contributed by atoms with van der Waals surface area (Å²) in [5.74, 6) is 1.08. The molecule has 0 radical (unpaired) electrons. The van der Waals surface area contributed by atoms with Crippen molar-refractivity contribution in [2.45, 2.75) is 52.9 Å². The Hall–Kier alpha value is 0. The Bertz CT molecular complexity index is 155. The molecule has 0 aromatic rings. The number of hydrogen-bond acceptors (Lipinski definition) is 0. The van der Waals surface area contributed by atoms with Crippen LogP contribution in [0.25, 0.3) is 0 Å². The van der Waals surface area contributed by atoms with Crippen molar-refractivity contribution in [3.63, 3.8) is 0 Å². The van der Waals surface area contributed by atoms with Crippen molar-refractivity contribution in [2.75, 3.05) is 0 Å². The fourth-order valence-electron chi connectivity index (χ4n) is 3.68. The van der Waals surface area contributed by atoms with E-state index in [1.165, 1.54) is 25.7 Å². The van der Waals surface area contributed by atoms with E-state index in [0.29, 0.717) is 0 Å². The molecule has 2 unspecified atom stereocenters. The Balaban J connectivity index is 1.94. The number of fused-ring (bicyclic) bond motifs is 1. The highest BCUT2D eigenvalue weighted by atomic mass is 14.9. The van der Waals surface area contributed by atoms with Crippen LogP contribution in [0.5, 0.6) is 0 Å². The first-order chi connectivity index (χ1) is 5.23. The van der Waals surface area contributed by atoms with Crippen LogP contribution in [0.15, 0.2) is 0 Å². The zero-order chi connectivity index (χ0) is 8.11. The molecule has 2 aliphatic carbocycles. The normalized spacial score (nSPS) is 52.1. The highest BCUT2D eigenvalue weighted by Gasteiger charge is 2.86. The van der Waals surface area contributed by atoms with Gasteiger partial charge >= 0.3 is 0 Å². The first-order valence-electron chi connectivity index (χ1n) is 5.23. The van der Waals surface area contributed by atoms with Gasteiger partial charge in [0.15, 0.2) is 0 Å². The predicted octanol–water partition coefficient (Wildman–Crippen LogP) is 3.61. The summed E-state index contributed by atoms with van der Waals surface area (Å²) in [4.78, 5) is 0. The molecule has 0 saturated heterocycles. The molecule has 2 rings (SSSR count). The topological polar surface area (TPSA) is 0 Å². The Kier molecular flexibility index (Phi) is 1.41. The van der Waals surface area contributed by atoms with Gasteiger partial charge in [0.25, 0.3) is 0 Å². The van der Waals surface area contributed by atoms with Gasteiger partial charge in [-0.1, -0.05) is 33.6 Å². The van der Waals surface area contributed by atoms with Gasteiger partial charge in [-0.05, 0) is 36.0 Å². The maximum atomic E-state index is 2.47. The van der Waals surface area contributed by atoms with E-state index in [1.807, 2.05) is 0 Å². The summed E-state index contributed by atoms with van der Waals surface area (Å²) in [5, 5.41) is 0. The van der Waals surface area contributed by atoms with Gasteiger partial charge < -0.3 is 0 Å². The molecule has 0 aliphatic heterocycles. The van der Waals surface area contributed by atoms with Crippen LogP contribution in [0.4, 0.5) is 0 Å². The molecular formula is C11H20. The van der Waals surface area contributed by atoms with Crippen LogP contribution in [0.1, 0.15) is 52.9 Å². The van der Waals surface area contributed by atoms with Gasteiger partial charge in [0.05, 0.1) is 0 Å². The SMILES string of the molecule is CCCC12CC1(CCC)C2C. The van der Waals surface area contributed by atoms with E-state index < -0.39 is 0 Å². The Labute approximate surface area is 70.4 Å². The smallest absolute Gasteiger partial charge is 0.0201 e. The zero-order valence-electron chi connectivity index (χ0n) is 8.11. The second kappa shape index (κ2) is 2.02. The Morgan fingerprint density at radius 3 is 1.82 bits per heavy atom. The standard InChI is InChI=1S/C11H20/c1-4-6-10-8-11(10,7-5-2)9(10)3/h9H,4-8H2,1-3H3. The molecule has 64 valence electrons. The lowest BCUT2D eigenvalue weighted by atomic mass is 9.99. The van der Waals surface area contributed by atoms with Crippen LogP contribution in [-0.2, 0) is 0 Å². The molecule has 2 fully saturated rings. The van der Waals surface area contributed by atoms with E-state index in [4.69, 9.17) is 0 Å². The van der Waals surface area contributed by atoms with Crippen molar-refractivity contribution in [2.24, 2.45) is 16.7 Å². The molecule has 0 amide bonds. The lowest BCUT2D eigenvalue weighted by Gasteiger charge is -2.06. The van der Waals surface area contributed by atoms with Crippen molar-refractivity contribution in [1.82, 2.24) is 0 Å². The van der Waals surface area contributed by atoms with Crippen molar-refractivity contribution >= 4 is 0 Å². The molecule has 0 heteroatoms. The molecule has 0 spiro atoms. The largest absolute Gasteiger partial charge is 0.0654 e. The van der Waals surface area contributed by atoms with E-state index in [9.17, 15) is 0 Å². The molecular weight excluding hydrogens is 132 g/mol. The van der Waals surface area contributed by atoms with Gasteiger partial charge in [-0.3, -0.25) is 0 Å². The first-order valence-corrected chi connectivity index (χ1v) is 5.23. The highest BCUT2D eigenvalue weighted by Crippen LogP contribution is 2.93. The van der Waals surface area contributed by atoms with E-state index in [-0.39, 0.29) is 0 Å². The minimum atomic E-state index is 0.873. The third kappa shape index (κ3) is 0.666. The van der Waals surface area contributed by atoms with Crippen LogP contribution in [0.3, 0.4) is 0 Å². The second-order valence-corrected chi connectivity index (χ2v) is 4.71. The zero-order valence-corrected chi connectivity index (χ0v) is 8.11. The van der Waals surface area contributed by atoms with Crippen LogP contribution in [0, 0.1) is 16.7 Å². The van der Waals surface area contributed by atoms with Crippen LogP contribution >= 0.6 is 0 Å². The summed E-state index contributed by atoms with van der Waals surface area (Å²) in [7, 11) is 0. The van der Waals surface area contributed by atoms with E-state index in [1.54, 1.807) is 6.42 Å². The molecule has 0 heterocycles. The van der Waals surface area contributed by atoms with Crippen LogP contribution < -0.4 is 0 Å². The van der Waals surface area contributed by atoms with E-state index in [2.05, 4.69) is 20.8 Å². The lowest BCUT2D eigenvalue weighted by Crippen LogP contribution is -1.96. The maximum Gasteiger partial charge on any atom is -0.0201 e. The van der Waals surface area contributed by atoms with Crippen molar-refractivity contribution < 1.29 is 0 Å². The van der Waals surface area contributed by atoms with Gasteiger partial charge in [0.2, 0.25) is 0 Å². The minimum Gasteiger partial charge on any atom is -0.0654 e. The number of hydrogen-bond donors (Lipinski definition) is 0. The molecule has 2 atom stereocenters. The maximum absolute atomic E-state index is 2.47. The molecule has 0 aromatic carbocycles. The molecule has 0 bridgehead atoms. The van der Waals surface area contributed by atoms with Gasteiger partial charge in [-0.15, -0.1) is 0 Å². The quantitative estimate of drug-likeness (QED) is 0.577. The molecule has 0 nitrogen and oxygen atoms in total. The van der Waals surface area contributed by atoms with Gasteiger partial charge in [0.1, 0.15) is 0 Å². The van der Waals surface area contributed by atoms with Crippen LogP contribution in [-0.4, -0.2) is 0 Å². The predicted molar refractivity (Wildman–Crippen MR) is 48.5 cm³/mol. The third-order valence-electron chi connectivity index (χ3n) is 4.46. The summed E-state index contributed by atoms with van der Waals surface area (Å²) in [6.07, 6.45) is 7.39. The Morgan fingerprint density at radius 2 is 1.55 bits per heavy atom. The number of rotatable bonds is 4. The van der Waals surface area contributed by atoms with Gasteiger partial charge in [-0.25, -0.2) is 0 Å². The summed E-state index contributed by atoms with van der Waals surface area (Å²) < 4.78 is 0. The monoisotopic (exact) mass is 152 g/mol. The Morgan fingerprint density at radius 1 is 1.09 bits per heavy atom. The van der Waals surface area contributed by atoms with Gasteiger partial charge in [-0.2, -0.15) is 0 Å². The lowest BCUT2D eigenvalue weighted by molar-refractivity contribution is 0.440. The minimum absolute atomic E-state index is 0.873. The second-order valence-electron chi connectivity index (χ2n) is 4.71. The fraction of sp³-hybridized carbons (Fsp3) is 1.00. The third-order valence-corrected chi connectivity index (χ3v) is 4.46. The summed E-state index contributed by atoms with van der Waals surface area (Å²) in [6, 6.07) is 0. The van der Waals surface area contributed by atoms with Crippen molar-refractivity contribution in [3.05, 3.63) is 0 Å². The van der Waals surface area contributed by atoms with Gasteiger partial charge in [0, 0.05) is 0 Å². The first kappa shape index (κ1) is 7.64. The molecule has 2 aliphatic rings. The molecule has 0 N–H and O–H groups in total. The van der Waals surface area contributed by atoms with Crippen molar-refractivity contribution in [1.29, 1.82) is 0 Å². The van der Waals surface area contributed by atoms with Crippen molar-refractivity contribution in [3.8, 4) is 0 Å². The summed E-state index contributed by atoms with van der Waals surface area (Å²) in [5.41, 5.74) is 1.75. The fourth-order valence-corrected chi connectivity index (χ4v) is 3.68. The summed E-state index contributed by atoms with van der Waals surface area (Å²) >= 11 is 0. The average Bonchev–Trinajstić information content (AvgIpc) is 2.75. The van der Waals surface area contributed by atoms with E-state index in [0.717, 1.165) is 16.7 Å². The molecule has 0 aromatic heterocycles. The average molecular weight is 152 g/mol.